The lowest BCUT2D eigenvalue weighted by Gasteiger charge is -2.36. The van der Waals surface area contributed by atoms with Crippen molar-refractivity contribution in [2.45, 2.75) is 81.5 Å². The van der Waals surface area contributed by atoms with Crippen LogP contribution in [0.5, 0.6) is 0 Å². The molecular weight excluding hydrogens is 739 g/mol. The number of amides is 2. The zero-order valence-corrected chi connectivity index (χ0v) is 32.6. The van der Waals surface area contributed by atoms with Crippen LogP contribution in [0.1, 0.15) is 90.0 Å². The van der Waals surface area contributed by atoms with Gasteiger partial charge in [0, 0.05) is 42.0 Å². The quantitative estimate of drug-likeness (QED) is 0.0332. The van der Waals surface area contributed by atoms with Gasteiger partial charge in [0.2, 0.25) is 11.8 Å². The number of aliphatic hydroxyl groups is 1. The Labute approximate surface area is 337 Å². The lowest BCUT2D eigenvalue weighted by Crippen LogP contribution is -2.31. The number of carbonyl (C=O) groups excluding carboxylic acids is 2. The molecule has 6 N–H and O–H groups in total. The van der Waals surface area contributed by atoms with Crippen molar-refractivity contribution < 1.29 is 34.1 Å². The van der Waals surface area contributed by atoms with Gasteiger partial charge in [-0.2, -0.15) is 0 Å². The summed E-state index contributed by atoms with van der Waals surface area (Å²) in [4.78, 5) is 37.5. The van der Waals surface area contributed by atoms with Crippen molar-refractivity contribution in [3.05, 3.63) is 149 Å². The highest BCUT2D eigenvalue weighted by Gasteiger charge is 2.32. The Balaban J connectivity index is 1.03. The number of rotatable bonds is 18. The number of carboxylic acid groups (broad SMARTS) is 1. The molecule has 0 aromatic heterocycles. The maximum Gasteiger partial charge on any atom is 0.336 e. The molecule has 296 valence electrons. The summed E-state index contributed by atoms with van der Waals surface area (Å²) in [6.07, 6.45) is 3.45. The number of hydrogen-bond donors (Lipinski definition) is 5. The molecular formula is C46H49N3O7S. The molecule has 0 saturated carbocycles. The first-order valence-corrected chi connectivity index (χ1v) is 20.3. The van der Waals surface area contributed by atoms with E-state index in [-0.39, 0.29) is 36.2 Å². The number of unbranched alkanes of at least 4 members (excludes halogenated alkanes) is 3. The predicted molar refractivity (Wildman–Crippen MR) is 223 cm³/mol. The smallest absolute Gasteiger partial charge is 0.336 e. The van der Waals surface area contributed by atoms with E-state index in [1.54, 1.807) is 24.3 Å². The van der Waals surface area contributed by atoms with Crippen LogP contribution >= 0.6 is 11.8 Å². The Bertz CT molecular complexity index is 2130. The van der Waals surface area contributed by atoms with Crippen LogP contribution in [0.15, 0.2) is 126 Å². The number of carboxylic acids is 1. The molecule has 0 aliphatic carbocycles. The van der Waals surface area contributed by atoms with Gasteiger partial charge in [-0.05, 0) is 77.1 Å². The summed E-state index contributed by atoms with van der Waals surface area (Å²) in [6, 6.07) is 38.0. The molecule has 57 heavy (non-hydrogen) atoms. The molecule has 1 fully saturated rings. The molecule has 1 aliphatic heterocycles. The Morgan fingerprint density at radius 3 is 2.18 bits per heavy atom. The zero-order valence-electron chi connectivity index (χ0n) is 31.8. The Morgan fingerprint density at radius 2 is 1.42 bits per heavy atom. The fourth-order valence-electron chi connectivity index (χ4n) is 6.74. The summed E-state index contributed by atoms with van der Waals surface area (Å²) >= 11 is 1.46. The number of aromatic carboxylic acids is 1. The van der Waals surface area contributed by atoms with E-state index in [0.29, 0.717) is 47.8 Å². The highest BCUT2D eigenvalue weighted by molar-refractivity contribution is 7.99. The highest BCUT2D eigenvalue weighted by atomic mass is 32.2. The maximum absolute atomic E-state index is 12.7. The molecule has 1 saturated heterocycles. The first-order valence-electron chi connectivity index (χ1n) is 19.3. The van der Waals surface area contributed by atoms with Gasteiger partial charge in [0.1, 0.15) is 0 Å². The molecule has 2 amide bonds. The van der Waals surface area contributed by atoms with Crippen molar-refractivity contribution in [2.75, 3.05) is 16.8 Å². The van der Waals surface area contributed by atoms with Gasteiger partial charge in [0.05, 0.1) is 35.8 Å². The highest BCUT2D eigenvalue weighted by Crippen LogP contribution is 2.40. The van der Waals surface area contributed by atoms with Gasteiger partial charge >= 0.3 is 5.97 Å². The van der Waals surface area contributed by atoms with Crippen LogP contribution in [0.3, 0.4) is 0 Å². The molecule has 6 rings (SSSR count). The third-order valence-corrected chi connectivity index (χ3v) is 11.1. The average molecular weight is 788 g/mol. The van der Waals surface area contributed by atoms with E-state index in [2.05, 4.69) is 22.8 Å². The van der Waals surface area contributed by atoms with Crippen LogP contribution in [-0.4, -0.2) is 39.9 Å². The summed E-state index contributed by atoms with van der Waals surface area (Å²) in [5, 5.41) is 25.2. The van der Waals surface area contributed by atoms with E-state index in [0.717, 1.165) is 59.1 Å². The number of ether oxygens (including phenoxy) is 2. The van der Waals surface area contributed by atoms with Gasteiger partial charge in [-0.3, -0.25) is 9.59 Å². The molecule has 1 aliphatic rings. The fourth-order valence-corrected chi connectivity index (χ4v) is 7.80. The minimum atomic E-state index is -0.966. The molecule has 10 nitrogen and oxygen atoms in total. The fraction of sp³-hybridized carbons (Fsp3) is 0.283. The van der Waals surface area contributed by atoms with Crippen molar-refractivity contribution in [3.8, 4) is 11.1 Å². The van der Waals surface area contributed by atoms with Crippen LogP contribution in [-0.2, 0) is 32.2 Å². The number of para-hydroxylation sites is 2. The van der Waals surface area contributed by atoms with E-state index in [4.69, 9.17) is 15.2 Å². The third kappa shape index (κ3) is 12.0. The molecule has 0 spiro atoms. The number of anilines is 2. The SMILES string of the molecule is Nc1ccccc1NC(=O)CCCCCCC(=O)NCc1cccc(-c2cccc([C@H]3O[C@@H](CSc4ccccc4C(=O)O)C[C@@H](c4ccc(CO)cc4)O3)c2)c1. The third-order valence-electron chi connectivity index (χ3n) is 9.86. The minimum absolute atomic E-state index is 0.00832. The van der Waals surface area contributed by atoms with Gasteiger partial charge in [-0.15, -0.1) is 11.8 Å². The normalized spacial score (nSPS) is 16.5. The van der Waals surface area contributed by atoms with Crippen molar-refractivity contribution in [2.24, 2.45) is 0 Å². The van der Waals surface area contributed by atoms with Gasteiger partial charge in [-0.25, -0.2) is 4.79 Å². The lowest BCUT2D eigenvalue weighted by atomic mass is 9.99. The Hall–Kier alpha value is -5.46. The summed E-state index contributed by atoms with van der Waals surface area (Å²) in [6.45, 7) is 0.363. The molecule has 5 aromatic carbocycles. The van der Waals surface area contributed by atoms with Crippen LogP contribution in [0, 0.1) is 0 Å². The monoisotopic (exact) mass is 787 g/mol. The number of nitrogens with one attached hydrogen (secondary N) is 2. The minimum Gasteiger partial charge on any atom is -0.478 e. The molecule has 0 radical (unpaired) electrons. The Kier molecular flexibility index (Phi) is 14.9. The van der Waals surface area contributed by atoms with E-state index in [1.165, 1.54) is 11.8 Å². The van der Waals surface area contributed by atoms with Crippen LogP contribution in [0.4, 0.5) is 11.4 Å². The average Bonchev–Trinajstić information content (AvgIpc) is 3.24. The van der Waals surface area contributed by atoms with Gasteiger partial charge in [0.15, 0.2) is 6.29 Å². The zero-order chi connectivity index (χ0) is 40.0. The predicted octanol–water partition coefficient (Wildman–Crippen LogP) is 9.06. The van der Waals surface area contributed by atoms with Crippen LogP contribution < -0.4 is 16.4 Å². The summed E-state index contributed by atoms with van der Waals surface area (Å²) in [7, 11) is 0. The number of carbonyl (C=O) groups is 3. The van der Waals surface area contributed by atoms with Crippen molar-refractivity contribution >= 4 is 40.9 Å². The van der Waals surface area contributed by atoms with Crippen molar-refractivity contribution in [3.63, 3.8) is 0 Å². The van der Waals surface area contributed by atoms with Gasteiger partial charge in [-0.1, -0.05) is 97.8 Å². The standard InChI is InChI=1S/C46H49N3O7S/c47-39-16-6-7-17-40(39)49-44(52)20-4-2-1-3-19-43(51)48-28-32-11-9-12-34(25-32)35-13-10-14-36(26-35)46-55-37(30-57-42-18-8-5-15-38(42)45(53)54)27-41(56-46)33-23-21-31(29-50)22-24-33/h5-18,21-26,37,41,46,50H,1-4,19-20,27-30,47H2,(H,48,51)(H,49,52)(H,53,54)/t37-,41+,46+/m1/s1. The van der Waals surface area contributed by atoms with Crippen LogP contribution in [0.25, 0.3) is 11.1 Å². The number of hydrogen-bond acceptors (Lipinski definition) is 8. The second-order valence-corrected chi connectivity index (χ2v) is 15.2. The number of nitrogens with two attached hydrogens (primary N) is 1. The summed E-state index contributed by atoms with van der Waals surface area (Å²) in [5.74, 6) is -0.503. The summed E-state index contributed by atoms with van der Waals surface area (Å²) < 4.78 is 13.1. The van der Waals surface area contributed by atoms with Crippen molar-refractivity contribution in [1.82, 2.24) is 5.32 Å². The van der Waals surface area contributed by atoms with E-state index in [1.807, 2.05) is 84.9 Å². The van der Waals surface area contributed by atoms with E-state index < -0.39 is 12.3 Å². The molecule has 11 heteroatoms. The number of benzene rings is 5. The number of thioether (sulfide) groups is 1. The van der Waals surface area contributed by atoms with Gasteiger partial charge < -0.3 is 36.1 Å². The van der Waals surface area contributed by atoms with E-state index in [9.17, 15) is 24.6 Å². The topological polar surface area (TPSA) is 160 Å². The first-order chi connectivity index (χ1) is 27.7. The van der Waals surface area contributed by atoms with Crippen LogP contribution in [0.2, 0.25) is 0 Å². The number of nitrogen functional groups attached to an aromatic ring is 1. The molecule has 5 aromatic rings. The second kappa shape index (κ2) is 20.6. The largest absolute Gasteiger partial charge is 0.478 e. The second-order valence-electron chi connectivity index (χ2n) is 14.1. The van der Waals surface area contributed by atoms with Gasteiger partial charge in [0.25, 0.3) is 0 Å². The molecule has 1 heterocycles. The number of aliphatic hydroxyl groups excluding tert-OH is 1. The molecule has 0 bridgehead atoms. The summed E-state index contributed by atoms with van der Waals surface area (Å²) in [5.41, 5.74) is 12.9. The first kappa shape index (κ1) is 41.2. The Morgan fingerprint density at radius 1 is 0.719 bits per heavy atom. The van der Waals surface area contributed by atoms with E-state index >= 15 is 0 Å². The van der Waals surface area contributed by atoms with Crippen molar-refractivity contribution in [1.29, 1.82) is 0 Å². The lowest BCUT2D eigenvalue weighted by molar-refractivity contribution is -0.245. The maximum atomic E-state index is 12.7. The molecule has 3 atom stereocenters. The molecule has 0 unspecified atom stereocenters.